The molecule has 0 bridgehead atoms. The van der Waals surface area contributed by atoms with Crippen molar-refractivity contribution >= 4 is 5.97 Å². The molecule has 0 saturated heterocycles. The van der Waals surface area contributed by atoms with Gasteiger partial charge in [-0.2, -0.15) is 0 Å². The molecule has 0 aliphatic heterocycles. The molecule has 84 valence electrons. The van der Waals surface area contributed by atoms with Crippen molar-refractivity contribution in [3.05, 3.63) is 0 Å². The third-order valence-corrected chi connectivity index (χ3v) is 2.85. The Labute approximate surface area is 86.5 Å². The minimum absolute atomic E-state index is 0.0388. The van der Waals surface area contributed by atoms with Gasteiger partial charge in [0.05, 0.1) is 18.1 Å². The van der Waals surface area contributed by atoms with E-state index in [1.54, 1.807) is 13.8 Å². The van der Waals surface area contributed by atoms with E-state index in [0.717, 1.165) is 0 Å². The van der Waals surface area contributed by atoms with E-state index in [2.05, 4.69) is 0 Å². The fourth-order valence-corrected chi connectivity index (χ4v) is 1.46. The van der Waals surface area contributed by atoms with Gasteiger partial charge < -0.3 is 9.84 Å². The van der Waals surface area contributed by atoms with Gasteiger partial charge in [0, 0.05) is 0 Å². The van der Waals surface area contributed by atoms with Crippen LogP contribution in [0, 0.1) is 11.8 Å². The maximum Gasteiger partial charge on any atom is 0.311 e. The summed E-state index contributed by atoms with van der Waals surface area (Å²) >= 11 is 0. The van der Waals surface area contributed by atoms with Crippen molar-refractivity contribution in [3.63, 3.8) is 0 Å². The van der Waals surface area contributed by atoms with Crippen LogP contribution in [0.1, 0.15) is 41.0 Å². The van der Waals surface area contributed by atoms with E-state index in [1.807, 2.05) is 20.8 Å². The van der Waals surface area contributed by atoms with Gasteiger partial charge in [-0.25, -0.2) is 0 Å². The molecule has 3 nitrogen and oxygen atoms in total. The number of carbonyl (C=O) groups excluding carboxylic acids is 1. The number of hydrogen-bond donors (Lipinski definition) is 1. The second-order valence-electron chi connectivity index (χ2n) is 4.09. The molecule has 3 heteroatoms. The Morgan fingerprint density at radius 2 is 1.93 bits per heavy atom. The van der Waals surface area contributed by atoms with E-state index in [1.165, 1.54) is 0 Å². The summed E-state index contributed by atoms with van der Waals surface area (Å²) in [6.07, 6.45) is 0.601. The van der Waals surface area contributed by atoms with Crippen LogP contribution in [-0.2, 0) is 9.53 Å². The monoisotopic (exact) mass is 202 g/mol. The lowest BCUT2D eigenvalue weighted by atomic mass is 9.79. The molecule has 14 heavy (non-hydrogen) atoms. The fraction of sp³-hybridized carbons (Fsp3) is 0.909. The molecule has 0 spiro atoms. The molecule has 0 aromatic rings. The Kier molecular flexibility index (Phi) is 5.13. The molecule has 0 aromatic carbocycles. The van der Waals surface area contributed by atoms with Gasteiger partial charge in [-0.15, -0.1) is 0 Å². The van der Waals surface area contributed by atoms with Crippen LogP contribution >= 0.6 is 0 Å². The normalized spacial score (nSPS) is 17.6. The molecule has 0 heterocycles. The van der Waals surface area contributed by atoms with Crippen LogP contribution in [0.15, 0.2) is 0 Å². The molecule has 0 amide bonds. The first-order chi connectivity index (χ1) is 6.37. The molecule has 0 aliphatic carbocycles. The van der Waals surface area contributed by atoms with Gasteiger partial charge in [0.2, 0.25) is 0 Å². The molecule has 0 saturated carbocycles. The highest BCUT2D eigenvalue weighted by Gasteiger charge is 2.39. The van der Waals surface area contributed by atoms with Gasteiger partial charge in [-0.05, 0) is 26.2 Å². The van der Waals surface area contributed by atoms with Crippen molar-refractivity contribution in [1.82, 2.24) is 0 Å². The topological polar surface area (TPSA) is 46.5 Å². The standard InChI is InChI=1S/C11H22O3/c1-6-9(10(12)14-7-2)11(5,13)8(3)4/h8-9,13H,6-7H2,1-5H3. The second kappa shape index (κ2) is 5.35. The summed E-state index contributed by atoms with van der Waals surface area (Å²) in [5.41, 5.74) is -0.985. The molecule has 1 N–H and O–H groups in total. The van der Waals surface area contributed by atoms with E-state index in [4.69, 9.17) is 4.74 Å². The van der Waals surface area contributed by atoms with Crippen LogP contribution < -0.4 is 0 Å². The van der Waals surface area contributed by atoms with Crippen LogP contribution in [-0.4, -0.2) is 23.3 Å². The van der Waals surface area contributed by atoms with E-state index >= 15 is 0 Å². The number of hydrogen-bond acceptors (Lipinski definition) is 3. The summed E-state index contributed by atoms with van der Waals surface area (Å²) in [6.45, 7) is 9.53. The molecule has 0 aliphatic rings. The molecular weight excluding hydrogens is 180 g/mol. The first kappa shape index (κ1) is 13.4. The highest BCUT2D eigenvalue weighted by Crippen LogP contribution is 2.29. The van der Waals surface area contributed by atoms with Crippen LogP contribution in [0.25, 0.3) is 0 Å². The van der Waals surface area contributed by atoms with E-state index in [9.17, 15) is 9.90 Å². The maximum atomic E-state index is 11.5. The smallest absolute Gasteiger partial charge is 0.311 e. The Balaban J connectivity index is 4.62. The Morgan fingerprint density at radius 1 is 1.43 bits per heavy atom. The van der Waals surface area contributed by atoms with Crippen molar-refractivity contribution in [1.29, 1.82) is 0 Å². The SMILES string of the molecule is CCOC(=O)C(CC)C(C)(O)C(C)C. The van der Waals surface area contributed by atoms with Crippen LogP contribution in [0.2, 0.25) is 0 Å². The minimum atomic E-state index is -0.985. The Bertz CT molecular complexity index is 185. The molecular formula is C11H22O3. The van der Waals surface area contributed by atoms with Gasteiger partial charge in [-0.1, -0.05) is 20.8 Å². The van der Waals surface area contributed by atoms with Crippen molar-refractivity contribution in [2.45, 2.75) is 46.6 Å². The summed E-state index contributed by atoms with van der Waals surface area (Å²) in [7, 11) is 0. The highest BCUT2D eigenvalue weighted by molar-refractivity contribution is 5.73. The summed E-state index contributed by atoms with van der Waals surface area (Å²) in [5.74, 6) is -0.687. The lowest BCUT2D eigenvalue weighted by molar-refractivity contribution is -0.160. The van der Waals surface area contributed by atoms with Crippen molar-refractivity contribution in [2.75, 3.05) is 6.61 Å². The molecule has 2 unspecified atom stereocenters. The summed E-state index contributed by atoms with van der Waals surface area (Å²) in [5, 5.41) is 10.1. The number of ether oxygens (including phenoxy) is 1. The van der Waals surface area contributed by atoms with Gasteiger partial charge in [0.25, 0.3) is 0 Å². The first-order valence-electron chi connectivity index (χ1n) is 5.26. The number of carbonyl (C=O) groups is 1. The Hall–Kier alpha value is -0.570. The van der Waals surface area contributed by atoms with Crippen molar-refractivity contribution < 1.29 is 14.6 Å². The second-order valence-corrected chi connectivity index (χ2v) is 4.09. The molecule has 0 fully saturated rings. The number of aliphatic hydroxyl groups is 1. The lowest BCUT2D eigenvalue weighted by Crippen LogP contribution is -2.44. The van der Waals surface area contributed by atoms with Crippen molar-refractivity contribution in [3.8, 4) is 0 Å². The number of rotatable bonds is 5. The average Bonchev–Trinajstić information content (AvgIpc) is 2.04. The van der Waals surface area contributed by atoms with Gasteiger partial charge in [0.15, 0.2) is 0 Å². The van der Waals surface area contributed by atoms with Crippen LogP contribution in [0.4, 0.5) is 0 Å². The first-order valence-corrected chi connectivity index (χ1v) is 5.26. The highest BCUT2D eigenvalue weighted by atomic mass is 16.5. The van der Waals surface area contributed by atoms with Gasteiger partial charge >= 0.3 is 5.97 Å². The predicted molar refractivity (Wildman–Crippen MR) is 55.9 cm³/mol. The lowest BCUT2D eigenvalue weighted by Gasteiger charge is -2.34. The van der Waals surface area contributed by atoms with Crippen LogP contribution in [0.5, 0.6) is 0 Å². The average molecular weight is 202 g/mol. The zero-order valence-electron chi connectivity index (χ0n) is 9.83. The largest absolute Gasteiger partial charge is 0.466 e. The molecule has 2 atom stereocenters. The van der Waals surface area contributed by atoms with Crippen molar-refractivity contribution in [2.24, 2.45) is 11.8 Å². The maximum absolute atomic E-state index is 11.5. The van der Waals surface area contributed by atoms with E-state index < -0.39 is 11.5 Å². The summed E-state index contributed by atoms with van der Waals surface area (Å²) in [6, 6.07) is 0. The third-order valence-electron chi connectivity index (χ3n) is 2.85. The predicted octanol–water partition coefficient (Wildman–Crippen LogP) is 1.98. The quantitative estimate of drug-likeness (QED) is 0.693. The Morgan fingerprint density at radius 3 is 2.21 bits per heavy atom. The fourth-order valence-electron chi connectivity index (χ4n) is 1.46. The van der Waals surface area contributed by atoms with Gasteiger partial charge in [-0.3, -0.25) is 4.79 Å². The van der Waals surface area contributed by atoms with Crippen LogP contribution in [0.3, 0.4) is 0 Å². The molecule has 0 aromatic heterocycles. The minimum Gasteiger partial charge on any atom is -0.466 e. The molecule has 0 radical (unpaired) electrons. The van der Waals surface area contributed by atoms with Gasteiger partial charge in [0.1, 0.15) is 0 Å². The van der Waals surface area contributed by atoms with E-state index in [0.29, 0.717) is 13.0 Å². The molecule has 0 rings (SSSR count). The summed E-state index contributed by atoms with van der Waals surface area (Å²) < 4.78 is 4.93. The third kappa shape index (κ3) is 2.98. The zero-order chi connectivity index (χ0) is 11.4. The zero-order valence-corrected chi connectivity index (χ0v) is 9.83. The summed E-state index contributed by atoms with van der Waals surface area (Å²) in [4.78, 5) is 11.5. The van der Waals surface area contributed by atoms with E-state index in [-0.39, 0.29) is 11.9 Å². The number of esters is 1.